The van der Waals surface area contributed by atoms with Crippen LogP contribution in [0, 0.1) is 10.1 Å². The number of nitrogens with one attached hydrogen (secondary N) is 2. The topological polar surface area (TPSA) is 128 Å². The normalized spacial score (nSPS) is 10.4. The summed E-state index contributed by atoms with van der Waals surface area (Å²) in [5.74, 6) is 0.472. The number of tetrazole rings is 1. The first-order chi connectivity index (χ1) is 11.6. The predicted octanol–water partition coefficient (Wildman–Crippen LogP) is 0.829. The number of thioether (sulfide) groups is 1. The van der Waals surface area contributed by atoms with Crippen LogP contribution in [0.25, 0.3) is 0 Å². The second-order valence-corrected chi connectivity index (χ2v) is 5.80. The molecule has 128 valence electrons. The number of nitrogens with zero attached hydrogens (tertiary/aromatic N) is 5. The maximum Gasteiger partial charge on any atom is 0.292 e. The second-order valence-electron chi connectivity index (χ2n) is 4.73. The highest BCUT2D eigenvalue weighted by molar-refractivity contribution is 7.99. The molecular weight excluding hydrogens is 334 g/mol. The summed E-state index contributed by atoms with van der Waals surface area (Å²) in [4.78, 5) is 22.2. The van der Waals surface area contributed by atoms with E-state index in [4.69, 9.17) is 0 Å². The van der Waals surface area contributed by atoms with Gasteiger partial charge in [-0.2, -0.15) is 0 Å². The molecule has 0 aliphatic carbocycles. The monoisotopic (exact) mass is 351 g/mol. The van der Waals surface area contributed by atoms with Crippen LogP contribution in [-0.2, 0) is 11.8 Å². The summed E-state index contributed by atoms with van der Waals surface area (Å²) in [5.41, 5.74) is 0.444. The Kier molecular flexibility index (Phi) is 6.49. The van der Waals surface area contributed by atoms with Gasteiger partial charge in [-0.1, -0.05) is 23.9 Å². The molecule has 1 amide bonds. The molecule has 10 nitrogen and oxygen atoms in total. The number of anilines is 1. The molecule has 0 saturated carbocycles. The van der Waals surface area contributed by atoms with Gasteiger partial charge in [0, 0.05) is 38.4 Å². The third-order valence-corrected chi connectivity index (χ3v) is 4.02. The van der Waals surface area contributed by atoms with Crippen LogP contribution >= 0.6 is 11.8 Å². The predicted molar refractivity (Wildman–Crippen MR) is 88.7 cm³/mol. The number of nitro groups is 1. The molecule has 0 spiro atoms. The van der Waals surface area contributed by atoms with E-state index in [0.717, 1.165) is 0 Å². The fraction of sp³-hybridized carbons (Fsp3) is 0.385. The molecule has 0 aliphatic heterocycles. The molecule has 11 heteroatoms. The zero-order valence-corrected chi connectivity index (χ0v) is 13.8. The number of aromatic nitrogens is 4. The molecule has 0 unspecified atom stereocenters. The summed E-state index contributed by atoms with van der Waals surface area (Å²) in [6.45, 7) is 0.776. The van der Waals surface area contributed by atoms with Gasteiger partial charge in [-0.25, -0.2) is 4.68 Å². The van der Waals surface area contributed by atoms with Gasteiger partial charge < -0.3 is 10.6 Å². The third kappa shape index (κ3) is 5.19. The number of amides is 1. The molecule has 0 aliphatic rings. The molecule has 0 fully saturated rings. The minimum atomic E-state index is -0.445. The highest BCUT2D eigenvalue weighted by Gasteiger charge is 2.11. The molecule has 1 aromatic heterocycles. The Hall–Kier alpha value is -2.69. The molecule has 2 aromatic rings. The average Bonchev–Trinajstić information content (AvgIpc) is 2.97. The van der Waals surface area contributed by atoms with Crippen LogP contribution in [0.3, 0.4) is 0 Å². The van der Waals surface area contributed by atoms with Crippen LogP contribution in [0.1, 0.15) is 6.42 Å². The number of carbonyl (C=O) groups excluding carboxylic acids is 1. The molecule has 0 bridgehead atoms. The van der Waals surface area contributed by atoms with Gasteiger partial charge in [-0.05, 0) is 16.5 Å². The molecule has 1 heterocycles. The fourth-order valence-electron chi connectivity index (χ4n) is 1.85. The first-order valence-corrected chi connectivity index (χ1v) is 8.15. The molecule has 24 heavy (non-hydrogen) atoms. The number of benzene rings is 1. The quantitative estimate of drug-likeness (QED) is 0.294. The lowest BCUT2D eigenvalue weighted by Gasteiger charge is -2.08. The zero-order valence-electron chi connectivity index (χ0n) is 13.0. The van der Waals surface area contributed by atoms with Crippen molar-refractivity contribution in [3.8, 4) is 0 Å². The van der Waals surface area contributed by atoms with Crippen LogP contribution in [-0.4, -0.2) is 49.9 Å². The van der Waals surface area contributed by atoms with Crippen molar-refractivity contribution in [2.45, 2.75) is 11.6 Å². The van der Waals surface area contributed by atoms with Crippen molar-refractivity contribution < 1.29 is 9.72 Å². The minimum Gasteiger partial charge on any atom is -0.378 e. The van der Waals surface area contributed by atoms with Gasteiger partial charge in [0.1, 0.15) is 5.69 Å². The number of carbonyl (C=O) groups is 1. The summed E-state index contributed by atoms with van der Waals surface area (Å²) >= 11 is 1.40. The molecule has 0 radical (unpaired) electrons. The van der Waals surface area contributed by atoms with Gasteiger partial charge in [-0.15, -0.1) is 5.10 Å². The summed E-state index contributed by atoms with van der Waals surface area (Å²) in [6, 6.07) is 6.38. The molecular formula is C13H17N7O3S. The largest absolute Gasteiger partial charge is 0.378 e. The lowest BCUT2D eigenvalue weighted by molar-refractivity contribution is -0.384. The summed E-state index contributed by atoms with van der Waals surface area (Å²) in [6.07, 6.45) is 0.336. The van der Waals surface area contributed by atoms with E-state index >= 15 is 0 Å². The van der Waals surface area contributed by atoms with Crippen LogP contribution in [0.15, 0.2) is 29.4 Å². The number of aryl methyl sites for hydroxylation is 1. The maximum atomic E-state index is 11.7. The van der Waals surface area contributed by atoms with Gasteiger partial charge in [0.25, 0.3) is 5.69 Å². The minimum absolute atomic E-state index is 0.0116. The first kappa shape index (κ1) is 17.7. The molecule has 2 N–H and O–H groups in total. The Morgan fingerprint density at radius 2 is 2.17 bits per heavy atom. The summed E-state index contributed by atoms with van der Waals surface area (Å²) in [5, 5.41) is 28.3. The van der Waals surface area contributed by atoms with E-state index in [1.54, 1.807) is 29.9 Å². The molecule has 1 aromatic carbocycles. The Labute approximate surface area is 142 Å². The second kappa shape index (κ2) is 8.82. The Morgan fingerprint density at radius 3 is 2.88 bits per heavy atom. The van der Waals surface area contributed by atoms with Crippen molar-refractivity contribution in [2.75, 3.05) is 24.2 Å². The number of para-hydroxylation sites is 2. The average molecular weight is 351 g/mol. The van der Waals surface area contributed by atoms with E-state index in [0.29, 0.717) is 36.1 Å². The van der Waals surface area contributed by atoms with Crippen molar-refractivity contribution in [3.63, 3.8) is 0 Å². The van der Waals surface area contributed by atoms with E-state index in [1.807, 2.05) is 0 Å². The van der Waals surface area contributed by atoms with Crippen molar-refractivity contribution in [3.05, 3.63) is 34.4 Å². The van der Waals surface area contributed by atoms with Crippen LogP contribution in [0.5, 0.6) is 0 Å². The van der Waals surface area contributed by atoms with Gasteiger partial charge in [-0.3, -0.25) is 14.9 Å². The number of hydrogen-bond donors (Lipinski definition) is 2. The third-order valence-electron chi connectivity index (χ3n) is 3.00. The van der Waals surface area contributed by atoms with E-state index in [2.05, 4.69) is 26.2 Å². The van der Waals surface area contributed by atoms with Gasteiger partial charge in [0.05, 0.1) is 4.92 Å². The highest BCUT2D eigenvalue weighted by Crippen LogP contribution is 2.22. The van der Waals surface area contributed by atoms with E-state index in [1.165, 1.54) is 17.8 Å². The highest BCUT2D eigenvalue weighted by atomic mass is 32.2. The number of hydrogen-bond acceptors (Lipinski definition) is 8. The van der Waals surface area contributed by atoms with E-state index < -0.39 is 4.92 Å². The molecule has 0 saturated heterocycles. The summed E-state index contributed by atoms with van der Waals surface area (Å²) < 4.78 is 1.54. The maximum absolute atomic E-state index is 11.7. The van der Waals surface area contributed by atoms with Crippen LogP contribution in [0.4, 0.5) is 11.4 Å². The Morgan fingerprint density at radius 1 is 1.38 bits per heavy atom. The SMILES string of the molecule is Cn1nnnc1SCCC(=O)NCCNc1ccccc1[N+](=O)[O-]. The van der Waals surface area contributed by atoms with Gasteiger partial charge in [0.15, 0.2) is 0 Å². The smallest absolute Gasteiger partial charge is 0.292 e. The Balaban J connectivity index is 1.64. The standard InChI is InChI=1S/C13H17N7O3S/c1-19-13(16-17-18-19)24-9-6-12(21)15-8-7-14-10-4-2-3-5-11(10)20(22)23/h2-5,14H,6-9H2,1H3,(H,15,21). The molecule has 0 atom stereocenters. The van der Waals surface area contributed by atoms with Crippen LogP contribution in [0.2, 0.25) is 0 Å². The summed E-state index contributed by atoms with van der Waals surface area (Å²) in [7, 11) is 1.73. The van der Waals surface area contributed by atoms with Crippen molar-refractivity contribution in [1.29, 1.82) is 0 Å². The van der Waals surface area contributed by atoms with Crippen molar-refractivity contribution in [1.82, 2.24) is 25.5 Å². The lowest BCUT2D eigenvalue weighted by atomic mass is 10.2. The zero-order chi connectivity index (χ0) is 17.4. The fourth-order valence-corrected chi connectivity index (χ4v) is 2.64. The van der Waals surface area contributed by atoms with Gasteiger partial charge >= 0.3 is 0 Å². The Bertz CT molecular complexity index is 706. The van der Waals surface area contributed by atoms with Crippen molar-refractivity contribution >= 4 is 29.0 Å². The van der Waals surface area contributed by atoms with Gasteiger partial charge in [0.2, 0.25) is 11.1 Å². The lowest BCUT2D eigenvalue weighted by Crippen LogP contribution is -2.29. The van der Waals surface area contributed by atoms with E-state index in [-0.39, 0.29) is 11.6 Å². The number of rotatable bonds is 9. The van der Waals surface area contributed by atoms with Crippen LogP contribution < -0.4 is 10.6 Å². The van der Waals surface area contributed by atoms with E-state index in [9.17, 15) is 14.9 Å². The van der Waals surface area contributed by atoms with Crippen molar-refractivity contribution in [2.24, 2.45) is 7.05 Å². The molecule has 2 rings (SSSR count). The first-order valence-electron chi connectivity index (χ1n) is 7.17. The number of nitro benzene ring substituents is 1.